The van der Waals surface area contributed by atoms with Crippen molar-refractivity contribution in [1.82, 2.24) is 0 Å². The molecule has 62 valence electrons. The Bertz CT molecular complexity index is 163. The Hall–Kier alpha value is -0.800. The van der Waals surface area contributed by atoms with Gasteiger partial charge in [0.1, 0.15) is 0 Å². The van der Waals surface area contributed by atoms with Crippen LogP contribution >= 0.6 is 0 Å². The first-order valence-corrected chi connectivity index (χ1v) is 3.65. The van der Waals surface area contributed by atoms with Gasteiger partial charge in [0.2, 0.25) is 6.29 Å². The molecule has 1 aliphatic heterocycles. The van der Waals surface area contributed by atoms with Crippen LogP contribution in [0.15, 0.2) is 24.5 Å². The Labute approximate surface area is 65.9 Å². The summed E-state index contributed by atoms with van der Waals surface area (Å²) in [5.74, 6) is 0. The van der Waals surface area contributed by atoms with E-state index in [1.165, 1.54) is 6.26 Å². The smallest absolute Gasteiger partial charge is 0.221 e. The maximum Gasteiger partial charge on any atom is 0.221 e. The predicted octanol–water partition coefficient (Wildman–Crippen LogP) is 1.16. The van der Waals surface area contributed by atoms with Crippen LogP contribution in [0, 0.1) is 0 Å². The Morgan fingerprint density at radius 1 is 1.64 bits per heavy atom. The standard InChI is InChI=1S/C8H12O3/c1-2-7(9)11-8-5-3-4-6-10-8/h3-9H,2H2,1H3. The molecule has 1 N–H and O–H groups in total. The van der Waals surface area contributed by atoms with Crippen molar-refractivity contribution in [2.75, 3.05) is 0 Å². The molecule has 0 fully saturated rings. The Morgan fingerprint density at radius 3 is 3.00 bits per heavy atom. The second-order valence-electron chi connectivity index (χ2n) is 2.22. The predicted molar refractivity (Wildman–Crippen MR) is 40.5 cm³/mol. The summed E-state index contributed by atoms with van der Waals surface area (Å²) in [4.78, 5) is 0. The molecule has 0 amide bonds. The van der Waals surface area contributed by atoms with Gasteiger partial charge >= 0.3 is 0 Å². The van der Waals surface area contributed by atoms with Crippen molar-refractivity contribution >= 4 is 0 Å². The SMILES string of the molecule is CCC(O)OC1C=CC=CO1. The van der Waals surface area contributed by atoms with Crippen molar-refractivity contribution in [3.05, 3.63) is 24.5 Å². The number of rotatable bonds is 3. The summed E-state index contributed by atoms with van der Waals surface area (Å²) in [6.07, 6.45) is 6.24. The molecule has 0 aromatic rings. The molecule has 0 bridgehead atoms. The van der Waals surface area contributed by atoms with Gasteiger partial charge in [0.25, 0.3) is 0 Å². The van der Waals surface area contributed by atoms with Crippen LogP contribution in [0.25, 0.3) is 0 Å². The number of ether oxygens (including phenoxy) is 2. The number of aliphatic hydroxyl groups is 1. The van der Waals surface area contributed by atoms with Crippen LogP contribution in [-0.2, 0) is 9.47 Å². The zero-order chi connectivity index (χ0) is 8.10. The lowest BCUT2D eigenvalue weighted by molar-refractivity contribution is -0.190. The van der Waals surface area contributed by atoms with Crippen molar-refractivity contribution in [1.29, 1.82) is 0 Å². The molecule has 0 saturated carbocycles. The lowest BCUT2D eigenvalue weighted by atomic mass is 10.4. The maximum absolute atomic E-state index is 9.05. The normalized spacial score (nSPS) is 24.7. The lowest BCUT2D eigenvalue weighted by Crippen LogP contribution is -2.21. The molecule has 1 aliphatic rings. The first kappa shape index (κ1) is 8.30. The average Bonchev–Trinajstić information content (AvgIpc) is 2.06. The first-order valence-electron chi connectivity index (χ1n) is 3.65. The minimum absolute atomic E-state index is 0.435. The van der Waals surface area contributed by atoms with Gasteiger partial charge in [-0.3, -0.25) is 0 Å². The lowest BCUT2D eigenvalue weighted by Gasteiger charge is -2.18. The van der Waals surface area contributed by atoms with Gasteiger partial charge in [0.15, 0.2) is 6.29 Å². The molecule has 2 unspecified atom stereocenters. The summed E-state index contributed by atoms with van der Waals surface area (Å²) >= 11 is 0. The maximum atomic E-state index is 9.05. The molecule has 0 aromatic carbocycles. The summed E-state index contributed by atoms with van der Waals surface area (Å²) in [5, 5.41) is 9.05. The second kappa shape index (κ2) is 4.16. The quantitative estimate of drug-likeness (QED) is 0.623. The Kier molecular flexibility index (Phi) is 3.14. The van der Waals surface area contributed by atoms with Crippen LogP contribution in [-0.4, -0.2) is 17.7 Å². The second-order valence-corrected chi connectivity index (χ2v) is 2.22. The number of hydrogen-bond acceptors (Lipinski definition) is 3. The molecule has 0 saturated heterocycles. The zero-order valence-electron chi connectivity index (χ0n) is 6.43. The van der Waals surface area contributed by atoms with Gasteiger partial charge in [-0.05, 0) is 18.6 Å². The molecular formula is C8H12O3. The van der Waals surface area contributed by atoms with Crippen LogP contribution in [0.5, 0.6) is 0 Å². The molecule has 2 atom stereocenters. The van der Waals surface area contributed by atoms with Crippen LogP contribution in [0.1, 0.15) is 13.3 Å². The van der Waals surface area contributed by atoms with Gasteiger partial charge in [-0.2, -0.15) is 0 Å². The molecule has 3 heteroatoms. The topological polar surface area (TPSA) is 38.7 Å². The highest BCUT2D eigenvalue weighted by molar-refractivity contribution is 5.05. The third-order valence-electron chi connectivity index (χ3n) is 1.31. The van der Waals surface area contributed by atoms with E-state index in [4.69, 9.17) is 14.6 Å². The van der Waals surface area contributed by atoms with Crippen molar-refractivity contribution < 1.29 is 14.6 Å². The minimum Gasteiger partial charge on any atom is -0.469 e. The van der Waals surface area contributed by atoms with Crippen molar-refractivity contribution in [2.24, 2.45) is 0 Å². The summed E-state index contributed by atoms with van der Waals surface area (Å²) < 4.78 is 10.0. The van der Waals surface area contributed by atoms with E-state index >= 15 is 0 Å². The number of allylic oxidation sites excluding steroid dienone is 2. The molecular weight excluding hydrogens is 144 g/mol. The van der Waals surface area contributed by atoms with E-state index in [1.807, 2.05) is 13.0 Å². The van der Waals surface area contributed by atoms with Gasteiger partial charge in [-0.15, -0.1) is 0 Å². The van der Waals surface area contributed by atoms with Crippen LogP contribution in [0.4, 0.5) is 0 Å². The monoisotopic (exact) mass is 156 g/mol. The van der Waals surface area contributed by atoms with Gasteiger partial charge in [0, 0.05) is 0 Å². The summed E-state index contributed by atoms with van der Waals surface area (Å²) in [6.45, 7) is 1.84. The molecule has 1 rings (SSSR count). The van der Waals surface area contributed by atoms with Gasteiger partial charge < -0.3 is 14.6 Å². The van der Waals surface area contributed by atoms with Crippen LogP contribution in [0.3, 0.4) is 0 Å². The highest BCUT2D eigenvalue weighted by Crippen LogP contribution is 2.07. The summed E-state index contributed by atoms with van der Waals surface area (Å²) in [6, 6.07) is 0. The fourth-order valence-electron chi connectivity index (χ4n) is 0.697. The number of hydrogen-bond donors (Lipinski definition) is 1. The molecule has 0 aliphatic carbocycles. The van der Waals surface area contributed by atoms with Crippen molar-refractivity contribution in [3.63, 3.8) is 0 Å². The van der Waals surface area contributed by atoms with Crippen LogP contribution in [0.2, 0.25) is 0 Å². The zero-order valence-corrected chi connectivity index (χ0v) is 6.43. The molecule has 1 heterocycles. The van der Waals surface area contributed by atoms with E-state index in [9.17, 15) is 0 Å². The molecule has 11 heavy (non-hydrogen) atoms. The average molecular weight is 156 g/mol. The third kappa shape index (κ3) is 2.74. The third-order valence-corrected chi connectivity index (χ3v) is 1.31. The Balaban J connectivity index is 2.27. The van der Waals surface area contributed by atoms with E-state index in [-0.39, 0.29) is 0 Å². The highest BCUT2D eigenvalue weighted by Gasteiger charge is 2.10. The van der Waals surface area contributed by atoms with Crippen molar-refractivity contribution in [3.8, 4) is 0 Å². The fourth-order valence-corrected chi connectivity index (χ4v) is 0.697. The molecule has 3 nitrogen and oxygen atoms in total. The van der Waals surface area contributed by atoms with E-state index in [0.717, 1.165) is 0 Å². The van der Waals surface area contributed by atoms with Crippen molar-refractivity contribution in [2.45, 2.75) is 25.9 Å². The molecule has 0 radical (unpaired) electrons. The van der Waals surface area contributed by atoms with Gasteiger partial charge in [0.05, 0.1) is 6.26 Å². The largest absolute Gasteiger partial charge is 0.469 e. The van der Waals surface area contributed by atoms with Gasteiger partial charge in [-0.25, -0.2) is 0 Å². The highest BCUT2D eigenvalue weighted by atomic mass is 16.7. The minimum atomic E-state index is -0.740. The van der Waals surface area contributed by atoms with E-state index in [0.29, 0.717) is 6.42 Å². The van der Waals surface area contributed by atoms with Gasteiger partial charge in [-0.1, -0.05) is 13.0 Å². The van der Waals surface area contributed by atoms with E-state index in [1.54, 1.807) is 12.2 Å². The van der Waals surface area contributed by atoms with Crippen LogP contribution < -0.4 is 0 Å². The number of aliphatic hydroxyl groups excluding tert-OH is 1. The summed E-state index contributed by atoms with van der Waals surface area (Å²) in [5.41, 5.74) is 0. The van der Waals surface area contributed by atoms with E-state index < -0.39 is 12.6 Å². The fraction of sp³-hybridized carbons (Fsp3) is 0.500. The van der Waals surface area contributed by atoms with E-state index in [2.05, 4.69) is 0 Å². The first-order chi connectivity index (χ1) is 5.33. The summed E-state index contributed by atoms with van der Waals surface area (Å²) in [7, 11) is 0. The Morgan fingerprint density at radius 2 is 2.45 bits per heavy atom. The molecule has 0 aromatic heterocycles. The molecule has 0 spiro atoms.